The molecule has 0 unspecified atom stereocenters. The van der Waals surface area contributed by atoms with E-state index in [2.05, 4.69) is 15.8 Å². The van der Waals surface area contributed by atoms with Crippen LogP contribution in [0.4, 0.5) is 5.69 Å². The normalized spacial score (nSPS) is 12.4. The number of amides is 1. The molecule has 0 radical (unpaired) electrons. The monoisotopic (exact) mass is 311 g/mol. The number of hydrogen-bond acceptors (Lipinski definition) is 4. The van der Waals surface area contributed by atoms with E-state index in [1.165, 1.54) is 0 Å². The van der Waals surface area contributed by atoms with Gasteiger partial charge in [0.15, 0.2) is 0 Å². The molecule has 0 saturated carbocycles. The summed E-state index contributed by atoms with van der Waals surface area (Å²) in [5.41, 5.74) is 5.17. The number of rotatable bonds is 6. The van der Waals surface area contributed by atoms with Gasteiger partial charge in [0.25, 0.3) is 5.91 Å². The van der Waals surface area contributed by atoms with E-state index in [9.17, 15) is 4.79 Å². The third-order valence-corrected chi connectivity index (χ3v) is 3.39. The van der Waals surface area contributed by atoms with Crippen LogP contribution >= 0.6 is 0 Å². The minimum absolute atomic E-state index is 0.198. The minimum atomic E-state index is -0.407. The van der Waals surface area contributed by atoms with Gasteiger partial charge in [-0.05, 0) is 43.7 Å². The number of carbonyl (C=O) groups is 1. The molecule has 0 saturated heterocycles. The number of ether oxygens (including phenoxy) is 1. The number of carbonyl (C=O) groups excluding carboxylic acids is 1. The molecule has 0 aromatic heterocycles. The molecule has 2 rings (SSSR count). The van der Waals surface area contributed by atoms with Gasteiger partial charge >= 0.3 is 0 Å². The first-order chi connectivity index (χ1) is 11.1. The van der Waals surface area contributed by atoms with Crippen LogP contribution in [0.25, 0.3) is 0 Å². The van der Waals surface area contributed by atoms with Crippen molar-refractivity contribution in [2.75, 3.05) is 12.4 Å². The SMILES string of the molecule is COc1ccc(N[C@@H](C)C(=O)N/N=C(\C)c2ccccc2)cc1. The van der Waals surface area contributed by atoms with E-state index in [0.29, 0.717) is 0 Å². The molecule has 120 valence electrons. The van der Waals surface area contributed by atoms with E-state index in [4.69, 9.17) is 4.74 Å². The van der Waals surface area contributed by atoms with Gasteiger partial charge in [-0.2, -0.15) is 5.10 Å². The molecule has 0 heterocycles. The van der Waals surface area contributed by atoms with Crippen molar-refractivity contribution in [1.29, 1.82) is 0 Å². The maximum absolute atomic E-state index is 12.1. The number of nitrogens with one attached hydrogen (secondary N) is 2. The highest BCUT2D eigenvalue weighted by Gasteiger charge is 2.12. The molecule has 1 amide bonds. The first-order valence-corrected chi connectivity index (χ1v) is 7.40. The number of methoxy groups -OCH3 is 1. The second-order valence-electron chi connectivity index (χ2n) is 5.13. The Balaban J connectivity index is 1.91. The van der Waals surface area contributed by atoms with E-state index in [1.807, 2.05) is 61.5 Å². The molecule has 0 aliphatic rings. The fraction of sp³-hybridized carbons (Fsp3) is 0.222. The van der Waals surface area contributed by atoms with Crippen molar-refractivity contribution in [3.05, 3.63) is 60.2 Å². The van der Waals surface area contributed by atoms with Crippen molar-refractivity contribution in [2.45, 2.75) is 19.9 Å². The third kappa shape index (κ3) is 4.85. The summed E-state index contributed by atoms with van der Waals surface area (Å²) in [6.45, 7) is 3.64. The lowest BCUT2D eigenvalue weighted by molar-refractivity contribution is -0.121. The zero-order valence-electron chi connectivity index (χ0n) is 13.5. The standard InChI is InChI=1S/C18H21N3O2/c1-13(15-7-5-4-6-8-15)20-21-18(22)14(2)19-16-9-11-17(23-3)12-10-16/h4-12,14,19H,1-3H3,(H,21,22)/b20-13+/t14-/m0/s1. The van der Waals surface area contributed by atoms with Gasteiger partial charge in [0, 0.05) is 5.69 Å². The molecule has 23 heavy (non-hydrogen) atoms. The van der Waals surface area contributed by atoms with Crippen LogP contribution < -0.4 is 15.5 Å². The first-order valence-electron chi connectivity index (χ1n) is 7.40. The summed E-state index contributed by atoms with van der Waals surface area (Å²) in [6.07, 6.45) is 0. The lowest BCUT2D eigenvalue weighted by atomic mass is 10.1. The molecule has 5 heteroatoms. The van der Waals surface area contributed by atoms with Crippen molar-refractivity contribution in [2.24, 2.45) is 5.10 Å². The largest absolute Gasteiger partial charge is 0.497 e. The van der Waals surface area contributed by atoms with Crippen LogP contribution in [0.1, 0.15) is 19.4 Å². The summed E-state index contributed by atoms with van der Waals surface area (Å²) in [5, 5.41) is 7.26. The van der Waals surface area contributed by atoms with E-state index >= 15 is 0 Å². The predicted octanol–water partition coefficient (Wildman–Crippen LogP) is 3.04. The van der Waals surface area contributed by atoms with Gasteiger partial charge < -0.3 is 10.1 Å². The molecule has 2 N–H and O–H groups in total. The fourth-order valence-corrected chi connectivity index (χ4v) is 1.98. The van der Waals surface area contributed by atoms with Gasteiger partial charge in [0.2, 0.25) is 0 Å². The quantitative estimate of drug-likeness (QED) is 0.637. The Morgan fingerprint density at radius 3 is 2.35 bits per heavy atom. The average Bonchev–Trinajstić information content (AvgIpc) is 2.60. The van der Waals surface area contributed by atoms with E-state index in [1.54, 1.807) is 14.0 Å². The predicted molar refractivity (Wildman–Crippen MR) is 92.9 cm³/mol. The van der Waals surface area contributed by atoms with Gasteiger partial charge in [0.1, 0.15) is 11.8 Å². The Morgan fingerprint density at radius 2 is 1.74 bits per heavy atom. The fourth-order valence-electron chi connectivity index (χ4n) is 1.98. The highest BCUT2D eigenvalue weighted by molar-refractivity contribution is 5.99. The van der Waals surface area contributed by atoms with E-state index in [-0.39, 0.29) is 5.91 Å². The topological polar surface area (TPSA) is 62.7 Å². The smallest absolute Gasteiger partial charge is 0.262 e. The zero-order valence-corrected chi connectivity index (χ0v) is 13.5. The molecule has 5 nitrogen and oxygen atoms in total. The van der Waals surface area contributed by atoms with E-state index < -0.39 is 6.04 Å². The Kier molecular flexibility index (Phi) is 5.74. The lowest BCUT2D eigenvalue weighted by Gasteiger charge is -2.14. The summed E-state index contributed by atoms with van der Waals surface area (Å²) >= 11 is 0. The number of nitrogens with zero attached hydrogens (tertiary/aromatic N) is 1. The molecular formula is C18H21N3O2. The van der Waals surface area contributed by atoms with Crippen molar-refractivity contribution >= 4 is 17.3 Å². The van der Waals surface area contributed by atoms with Gasteiger partial charge in [-0.3, -0.25) is 4.79 Å². The van der Waals surface area contributed by atoms with Crippen LogP contribution in [-0.2, 0) is 4.79 Å². The number of hydrazone groups is 1. The van der Waals surface area contributed by atoms with Crippen molar-refractivity contribution < 1.29 is 9.53 Å². The summed E-state index contributed by atoms with van der Waals surface area (Å²) in [4.78, 5) is 12.1. The maximum Gasteiger partial charge on any atom is 0.262 e. The van der Waals surface area contributed by atoms with Crippen LogP contribution in [0.5, 0.6) is 5.75 Å². The average molecular weight is 311 g/mol. The van der Waals surface area contributed by atoms with Crippen LogP contribution in [0.3, 0.4) is 0 Å². The molecule has 2 aromatic carbocycles. The summed E-state index contributed by atoms with van der Waals surface area (Å²) in [6, 6.07) is 16.7. The molecule has 2 aromatic rings. The molecule has 0 bridgehead atoms. The van der Waals surface area contributed by atoms with Crippen LogP contribution in [0.2, 0.25) is 0 Å². The molecule has 0 aliphatic heterocycles. The highest BCUT2D eigenvalue weighted by atomic mass is 16.5. The molecule has 0 fully saturated rings. The molecule has 1 atom stereocenters. The highest BCUT2D eigenvalue weighted by Crippen LogP contribution is 2.15. The molecule has 0 aliphatic carbocycles. The van der Waals surface area contributed by atoms with Gasteiger partial charge in [0.05, 0.1) is 12.8 Å². The van der Waals surface area contributed by atoms with Crippen LogP contribution in [-0.4, -0.2) is 24.8 Å². The molecule has 0 spiro atoms. The summed E-state index contributed by atoms with van der Waals surface area (Å²) in [5.74, 6) is 0.576. The Hall–Kier alpha value is -2.82. The Labute approximate surface area is 136 Å². The Bertz CT molecular complexity index is 666. The summed E-state index contributed by atoms with van der Waals surface area (Å²) < 4.78 is 5.10. The van der Waals surface area contributed by atoms with Crippen molar-refractivity contribution in [3.63, 3.8) is 0 Å². The van der Waals surface area contributed by atoms with Crippen molar-refractivity contribution in [3.8, 4) is 5.75 Å². The second kappa shape index (κ2) is 7.98. The first kappa shape index (κ1) is 16.5. The molecular weight excluding hydrogens is 290 g/mol. The van der Waals surface area contributed by atoms with Gasteiger partial charge in [-0.15, -0.1) is 0 Å². The van der Waals surface area contributed by atoms with Crippen LogP contribution in [0, 0.1) is 0 Å². The minimum Gasteiger partial charge on any atom is -0.497 e. The number of anilines is 1. The van der Waals surface area contributed by atoms with Gasteiger partial charge in [-0.1, -0.05) is 30.3 Å². The zero-order chi connectivity index (χ0) is 16.7. The van der Waals surface area contributed by atoms with Gasteiger partial charge in [-0.25, -0.2) is 5.43 Å². The van der Waals surface area contributed by atoms with Crippen LogP contribution in [0.15, 0.2) is 59.7 Å². The lowest BCUT2D eigenvalue weighted by Crippen LogP contribution is -2.35. The number of hydrogen-bond donors (Lipinski definition) is 2. The van der Waals surface area contributed by atoms with E-state index in [0.717, 1.165) is 22.7 Å². The third-order valence-electron chi connectivity index (χ3n) is 3.39. The Morgan fingerprint density at radius 1 is 1.09 bits per heavy atom. The summed E-state index contributed by atoms with van der Waals surface area (Å²) in [7, 11) is 1.62. The second-order valence-corrected chi connectivity index (χ2v) is 5.13. The maximum atomic E-state index is 12.1. The van der Waals surface area contributed by atoms with Crippen molar-refractivity contribution in [1.82, 2.24) is 5.43 Å². The number of benzene rings is 2.